The summed E-state index contributed by atoms with van der Waals surface area (Å²) in [7, 11) is 6.53. The van der Waals surface area contributed by atoms with Gasteiger partial charge in [0, 0.05) is 17.7 Å². The molecule has 2 aromatic carbocycles. The van der Waals surface area contributed by atoms with Crippen molar-refractivity contribution in [3.05, 3.63) is 46.5 Å². The molecule has 0 aromatic heterocycles. The summed E-state index contributed by atoms with van der Waals surface area (Å²) >= 11 is 0. The summed E-state index contributed by atoms with van der Waals surface area (Å²) in [6.07, 6.45) is 0. The van der Waals surface area contributed by atoms with Crippen molar-refractivity contribution in [2.24, 2.45) is 0 Å². The molecule has 2 aromatic rings. The Labute approximate surface area is 259 Å². The van der Waals surface area contributed by atoms with Crippen LogP contribution < -0.4 is 14.8 Å². The van der Waals surface area contributed by atoms with Crippen molar-refractivity contribution in [2.75, 3.05) is 55.6 Å². The van der Waals surface area contributed by atoms with Gasteiger partial charge in [-0.25, -0.2) is 16.8 Å². The average molecular weight is 676 g/mol. The number of hydrogen-bond donors (Lipinski definition) is 1. The number of halogens is 2. The Morgan fingerprint density at radius 1 is 0.762 bits per heavy atom. The summed E-state index contributed by atoms with van der Waals surface area (Å²) < 4.78 is 67.3. The van der Waals surface area contributed by atoms with Crippen molar-refractivity contribution in [1.29, 1.82) is 0 Å². The van der Waals surface area contributed by atoms with Crippen molar-refractivity contribution in [2.45, 2.75) is 37.5 Å². The number of carbonyl (C=O) groups is 2. The first-order chi connectivity index (χ1) is 18.9. The van der Waals surface area contributed by atoms with Crippen molar-refractivity contribution < 1.29 is 45.4 Å². The molecule has 0 aliphatic rings. The summed E-state index contributed by atoms with van der Waals surface area (Å²) in [6, 6.07) is 6.57. The number of esters is 2. The lowest BCUT2D eigenvalue weighted by atomic mass is 10.1. The fourth-order valence-electron chi connectivity index (χ4n) is 3.55. The van der Waals surface area contributed by atoms with Gasteiger partial charge >= 0.3 is 11.9 Å². The van der Waals surface area contributed by atoms with Crippen LogP contribution in [0.25, 0.3) is 0 Å². The zero-order valence-corrected chi connectivity index (χ0v) is 28.6. The van der Waals surface area contributed by atoms with E-state index in [9.17, 15) is 26.4 Å². The fraction of sp³-hybridized carbons (Fsp3) is 0.462. The van der Waals surface area contributed by atoms with Gasteiger partial charge in [-0.1, -0.05) is 0 Å². The Morgan fingerprint density at radius 2 is 1.12 bits per heavy atom. The van der Waals surface area contributed by atoms with E-state index in [0.29, 0.717) is 33.8 Å². The largest absolute Gasteiger partial charge is 0.497 e. The van der Waals surface area contributed by atoms with E-state index in [1.54, 1.807) is 59.0 Å². The molecule has 0 saturated heterocycles. The number of sulfonamides is 1. The maximum absolute atomic E-state index is 12.5. The molecule has 16 heteroatoms. The molecule has 0 heterocycles. The van der Waals surface area contributed by atoms with Crippen molar-refractivity contribution >= 4 is 54.1 Å². The van der Waals surface area contributed by atoms with E-state index in [4.69, 9.17) is 20.2 Å². The molecule has 42 heavy (non-hydrogen) atoms. The zero-order valence-electron chi connectivity index (χ0n) is 25.4. The van der Waals surface area contributed by atoms with Gasteiger partial charge in [-0.15, -0.1) is 12.4 Å². The first-order valence-electron chi connectivity index (χ1n) is 11.9. The number of benzene rings is 2. The van der Waals surface area contributed by atoms with E-state index in [1.807, 2.05) is 0 Å². The number of methoxy groups -OCH3 is 4. The Morgan fingerprint density at radius 3 is 1.38 bits per heavy atom. The monoisotopic (exact) mass is 674 g/mol. The number of likely N-dealkylation sites (N-methyl/N-ethyl adjacent to an activating group) is 2. The molecular formula is C26H40Cl2N2O10S2. The number of nitrogens with one attached hydrogen (secondary N) is 1. The SMILES string of the molecule is CNCC(=O)OC.COC(=O)CN(C)S(=O)(=O)c1c(C)cc(OC)cc1C.COc1cc(C)c(S(=O)(=O)Cl)c(C)c1.Cl. The number of carbonyl (C=O) groups excluding carboxylic acids is 2. The summed E-state index contributed by atoms with van der Waals surface area (Å²) in [6.45, 7) is 6.71. The highest BCUT2D eigenvalue weighted by Crippen LogP contribution is 2.28. The third-order valence-electron chi connectivity index (χ3n) is 5.38. The normalized spacial score (nSPS) is 10.7. The van der Waals surface area contributed by atoms with Gasteiger partial charge in [-0.3, -0.25) is 9.59 Å². The highest BCUT2D eigenvalue weighted by atomic mass is 35.7. The third-order valence-corrected chi connectivity index (χ3v) is 9.08. The molecule has 240 valence electrons. The Bertz CT molecular complexity index is 1370. The van der Waals surface area contributed by atoms with E-state index >= 15 is 0 Å². The van der Waals surface area contributed by atoms with Crippen LogP contribution in [0.1, 0.15) is 22.3 Å². The lowest BCUT2D eigenvalue weighted by Gasteiger charge is -2.19. The Balaban J connectivity index is 0. The molecule has 0 unspecified atom stereocenters. The van der Waals surface area contributed by atoms with Crippen LogP contribution in [0.2, 0.25) is 0 Å². The quantitative estimate of drug-likeness (QED) is 0.308. The molecule has 12 nitrogen and oxygen atoms in total. The molecular weight excluding hydrogens is 635 g/mol. The van der Waals surface area contributed by atoms with Gasteiger partial charge < -0.3 is 24.3 Å². The summed E-state index contributed by atoms with van der Waals surface area (Å²) in [5.41, 5.74) is 2.32. The highest BCUT2D eigenvalue weighted by Gasteiger charge is 2.27. The second-order valence-electron chi connectivity index (χ2n) is 8.56. The minimum atomic E-state index is -3.75. The third kappa shape index (κ3) is 12.7. The number of hydrogen-bond acceptors (Lipinski definition) is 11. The number of rotatable bonds is 9. The van der Waals surface area contributed by atoms with Crippen LogP contribution in [0.15, 0.2) is 34.1 Å². The van der Waals surface area contributed by atoms with Crippen LogP contribution in [0, 0.1) is 27.7 Å². The van der Waals surface area contributed by atoms with Gasteiger partial charge in [-0.05, 0) is 81.3 Å². The number of aryl methyl sites for hydroxylation is 4. The molecule has 0 aliphatic heterocycles. The molecule has 0 bridgehead atoms. The predicted molar refractivity (Wildman–Crippen MR) is 163 cm³/mol. The molecule has 0 aliphatic carbocycles. The van der Waals surface area contributed by atoms with Gasteiger partial charge in [0.25, 0.3) is 9.05 Å². The highest BCUT2D eigenvalue weighted by molar-refractivity contribution is 8.13. The minimum Gasteiger partial charge on any atom is -0.497 e. The second kappa shape index (κ2) is 18.8. The molecule has 0 radical (unpaired) electrons. The molecule has 0 spiro atoms. The van der Waals surface area contributed by atoms with Crippen molar-refractivity contribution in [3.63, 3.8) is 0 Å². The van der Waals surface area contributed by atoms with Crippen LogP contribution in [-0.4, -0.2) is 88.7 Å². The first kappa shape index (κ1) is 41.5. The standard InChI is InChI=1S/C13H19NO5S.C9H11ClO3S.C4H9NO2.ClH/c1-9-6-11(18-4)7-10(2)13(9)20(16,17)14(3)8-12(15)19-5;1-6-4-8(13-3)5-7(2)9(6)14(10,11)12;1-5-3-4(6)7-2;/h6-7H,8H2,1-5H3;4-5H,1-3H3;5H,3H2,1-2H3;1H. The molecule has 0 amide bonds. The summed E-state index contributed by atoms with van der Waals surface area (Å²) in [5, 5.41) is 2.64. The zero-order chi connectivity index (χ0) is 32.1. The molecule has 0 atom stereocenters. The second-order valence-corrected chi connectivity index (χ2v) is 13.0. The maximum Gasteiger partial charge on any atom is 0.321 e. The van der Waals surface area contributed by atoms with E-state index < -0.39 is 25.0 Å². The molecule has 0 saturated carbocycles. The maximum atomic E-state index is 12.5. The van der Waals surface area contributed by atoms with Crippen LogP contribution in [0.5, 0.6) is 11.5 Å². The lowest BCUT2D eigenvalue weighted by molar-refractivity contribution is -0.141. The minimum absolute atomic E-state index is 0. The van der Waals surface area contributed by atoms with Crippen molar-refractivity contribution in [3.8, 4) is 11.5 Å². The van der Waals surface area contributed by atoms with Gasteiger partial charge in [0.15, 0.2) is 0 Å². The van der Waals surface area contributed by atoms with Crippen molar-refractivity contribution in [1.82, 2.24) is 9.62 Å². The molecule has 0 fully saturated rings. The van der Waals surface area contributed by atoms with Gasteiger partial charge in [0.2, 0.25) is 10.0 Å². The Kier molecular flexibility index (Phi) is 18.6. The predicted octanol–water partition coefficient (Wildman–Crippen LogP) is 3.15. The summed E-state index contributed by atoms with van der Waals surface area (Å²) in [4.78, 5) is 21.7. The van der Waals surface area contributed by atoms with Crippen LogP contribution >= 0.6 is 23.1 Å². The van der Waals surface area contributed by atoms with E-state index in [0.717, 1.165) is 4.31 Å². The molecule has 1 N–H and O–H groups in total. The lowest BCUT2D eigenvalue weighted by Crippen LogP contribution is -2.33. The van der Waals surface area contributed by atoms with Gasteiger partial charge in [0.1, 0.15) is 18.0 Å². The Hall–Kier alpha value is -2.62. The van der Waals surface area contributed by atoms with E-state index in [-0.39, 0.29) is 41.3 Å². The van der Waals surface area contributed by atoms with Crippen LogP contribution in [0.4, 0.5) is 0 Å². The smallest absolute Gasteiger partial charge is 0.321 e. The number of ether oxygens (including phenoxy) is 4. The first-order valence-corrected chi connectivity index (χ1v) is 15.7. The van der Waals surface area contributed by atoms with Crippen LogP contribution in [-0.2, 0) is 38.1 Å². The van der Waals surface area contributed by atoms with Gasteiger partial charge in [-0.2, -0.15) is 4.31 Å². The summed E-state index contributed by atoms with van der Waals surface area (Å²) in [5.74, 6) is 0.376. The topological polar surface area (TPSA) is 155 Å². The van der Waals surface area contributed by atoms with E-state index in [2.05, 4.69) is 14.8 Å². The fourth-order valence-corrected chi connectivity index (χ4v) is 6.69. The number of nitrogens with zero attached hydrogens (tertiary/aromatic N) is 1. The van der Waals surface area contributed by atoms with E-state index in [1.165, 1.54) is 35.5 Å². The average Bonchev–Trinajstić information content (AvgIpc) is 2.87. The van der Waals surface area contributed by atoms with Gasteiger partial charge in [0.05, 0.1) is 44.8 Å². The molecule has 2 rings (SSSR count). The van der Waals surface area contributed by atoms with Crippen LogP contribution in [0.3, 0.4) is 0 Å².